The molecule has 3 aliphatic rings. The Balaban J connectivity index is 1.11. The number of phenols is 1. The number of benzene rings is 4. The van der Waals surface area contributed by atoms with Crippen LogP contribution in [0.1, 0.15) is 130 Å². The molecule has 10 bridgehead atoms. The van der Waals surface area contributed by atoms with Crippen molar-refractivity contribution in [1.82, 2.24) is 103 Å². The summed E-state index contributed by atoms with van der Waals surface area (Å²) in [5.41, 5.74) is 14.7. The molecule has 1 saturated heterocycles. The smallest absolute Gasteiger partial charge is 0.309 e. The summed E-state index contributed by atoms with van der Waals surface area (Å²) in [6.07, 6.45) is -8.10. The fourth-order valence-corrected chi connectivity index (χ4v) is 18.9. The Hall–Kier alpha value is -14.5. The highest BCUT2D eigenvalue weighted by molar-refractivity contribution is 7.99. The maximum Gasteiger partial charge on any atom is 0.309 e. The highest BCUT2D eigenvalue weighted by Crippen LogP contribution is 2.28. The number of thioether (sulfide) groups is 3. The SMILES string of the molecule is C[C@H]1CSCc2cc(n(C)n2)CN2Cc3cc(nn3C)CSC[C@@H](C(N)=O)NC(=O)[C@H](C(C)(C)C)NC(=O)[C@H](CCC(=O)O)NC(=O)[C@H](Cc3ccc(O)cc3)NC(=O)[C@H](Cc3ccccc3)NC(=O)[C@H](CC(=O)O)NC(=O)[C@@H]3CC(C(=O)O)[C@@H](NC(=O)[C@H](Cc4cccc5ccccc45)NC(=O)[C@H](CCC(=O)O)NC(=O)[C@H](CC(N)=O)NC(=O)[C@@H](C)NC1=O)C(=O)N[C@@H](CSCc1cc(n(C)n1)C2)C(=O)N3. The lowest BCUT2D eigenvalue weighted by atomic mass is 9.85. The van der Waals surface area contributed by atoms with E-state index in [0.717, 1.165) is 11.8 Å². The number of carboxylic acid groups (broad SMARTS) is 4. The van der Waals surface area contributed by atoms with E-state index in [4.69, 9.17) is 26.8 Å². The molecule has 46 nitrogen and oxygen atoms in total. The number of aromatic hydroxyl groups is 1. The third-order valence-corrected chi connectivity index (χ3v) is 27.1. The molecule has 0 aliphatic carbocycles. The van der Waals surface area contributed by atoms with Gasteiger partial charge < -0.3 is 106 Å². The summed E-state index contributed by atoms with van der Waals surface area (Å²) in [6, 6.07) is 5.28. The van der Waals surface area contributed by atoms with Crippen LogP contribution in [0.25, 0.3) is 10.8 Å². The van der Waals surface area contributed by atoms with Crippen molar-refractivity contribution in [2.24, 2.45) is 49.9 Å². The van der Waals surface area contributed by atoms with Gasteiger partial charge in [0.2, 0.25) is 88.6 Å². The fraction of sp³-hybridized carbons (Fsp3) is 0.462. The number of nitrogens with one attached hydrogen (secondary N) is 13. The Bertz CT molecular complexity index is 5850. The number of aryl methyl sites for hydroxylation is 3. The molecule has 142 heavy (non-hydrogen) atoms. The normalized spacial score (nSPS) is 24.7. The summed E-state index contributed by atoms with van der Waals surface area (Å²) in [5.74, 6) is -27.9. The Morgan fingerprint density at radius 3 is 1.37 bits per heavy atom. The maximum absolute atomic E-state index is 15.8. The number of aliphatic carboxylic acids is 4. The number of hydrogen-bond donors (Lipinski definition) is 20. The summed E-state index contributed by atoms with van der Waals surface area (Å²) in [5, 5.41) is 100. The number of amides is 15. The van der Waals surface area contributed by atoms with Gasteiger partial charge in [-0.3, -0.25) is 110 Å². The standard InChI is InChI=1S/C93H118N22O24S3/c1-47-41-140-42-53-32-56(112(6)109-53)38-115-39-57-33-54(110-113(57)7)43-141-45-70(78(95)124)105-91(137)77(93(3,4)5)108-82(128)63(26-28-74(120)121)98-83(129)65(30-50-21-23-59(116)24-22-50)100-84(130)64(29-49-15-10-9-11-16-49)101-87(133)69(37-75(122)123)104-85(131)67-35-61(92(138)139)76(90(136)106-71(89(135)103-67)46-142-44-55-34-58(40-115)114(8)111-55)107-88(134)66(31-52-19-14-18-51-17-12-13-20-60(51)52)102-81(127)62(25-27-73(118)119)97-86(132)68(36-72(94)117)99-80(126)48(2)96-79(47)125/h9-24,32-34,47-48,61-71,76-77,116H,25-31,35-46H2,1-8H3,(H2,94,117)(H2,95,124)(H,96,125)(H,97,132)(H,98,129)(H,99,126)(H,100,130)(H,101,133)(H,102,127)(H,103,135)(H,104,131)(H,105,137)(H,106,136)(H,107,134)(H,108,128)(H,118,119)(H,120,121)(H,122,123)(H,138,139)/t47-,48+,61?,62-,63-,64-,65-,66-,67-,68-,69-,70-,71-,76+,77+/m0/s1. The minimum atomic E-state index is -2.43. The number of nitrogens with zero attached hydrogens (tertiary/aromatic N) is 7. The summed E-state index contributed by atoms with van der Waals surface area (Å²) >= 11 is 3.50. The van der Waals surface area contributed by atoms with E-state index in [1.54, 1.807) is 130 Å². The summed E-state index contributed by atoms with van der Waals surface area (Å²) in [7, 11) is 5.12. The van der Waals surface area contributed by atoms with Crippen LogP contribution in [0.15, 0.2) is 115 Å². The highest BCUT2D eigenvalue weighted by Gasteiger charge is 2.46. The Morgan fingerprint density at radius 1 is 0.423 bits per heavy atom. The number of fused-ring (bicyclic) bond motifs is 12. The predicted octanol–water partition coefficient (Wildman–Crippen LogP) is -1.92. The Labute approximate surface area is 827 Å². The van der Waals surface area contributed by atoms with E-state index in [1.807, 2.05) is 17.0 Å². The van der Waals surface area contributed by atoms with Crippen LogP contribution in [0.5, 0.6) is 5.75 Å². The molecule has 15 amide bonds. The number of hydrogen-bond acceptors (Lipinski definition) is 27. The molecule has 762 valence electrons. The molecule has 49 heteroatoms. The minimum absolute atomic E-state index is 0.0470. The van der Waals surface area contributed by atoms with Crippen molar-refractivity contribution >= 4 is 159 Å². The van der Waals surface area contributed by atoms with Crippen molar-refractivity contribution in [1.29, 1.82) is 0 Å². The number of primary amides is 2. The largest absolute Gasteiger partial charge is 0.508 e. The number of phenolic OH excluding ortho intramolecular Hbond substituents is 1. The molecule has 6 heterocycles. The number of aromatic nitrogens is 6. The number of carbonyl (C=O) groups excluding carboxylic acids is 15. The summed E-state index contributed by atoms with van der Waals surface area (Å²) in [4.78, 5) is 275. The third kappa shape index (κ3) is 32.0. The molecule has 0 saturated carbocycles. The van der Waals surface area contributed by atoms with Gasteiger partial charge in [-0.25, -0.2) is 0 Å². The molecule has 1 fully saturated rings. The predicted molar refractivity (Wildman–Crippen MR) is 515 cm³/mol. The zero-order valence-corrected chi connectivity index (χ0v) is 81.5. The maximum atomic E-state index is 15.8. The first kappa shape index (κ1) is 110. The number of nitrogens with two attached hydrogens (primary N) is 2. The van der Waals surface area contributed by atoms with Crippen LogP contribution in [0.2, 0.25) is 0 Å². The molecule has 4 aromatic carbocycles. The van der Waals surface area contributed by atoms with Gasteiger partial charge in [-0.2, -0.15) is 50.6 Å². The van der Waals surface area contributed by atoms with E-state index < -0.39 is 278 Å². The zero-order chi connectivity index (χ0) is 104. The third-order valence-electron chi connectivity index (χ3n) is 23.7. The van der Waals surface area contributed by atoms with Crippen molar-refractivity contribution in [3.63, 3.8) is 0 Å². The first-order valence-corrected chi connectivity index (χ1v) is 48.9. The second-order valence-corrected chi connectivity index (χ2v) is 39.2. The molecular weight excluding hydrogens is 1910 g/mol. The molecule has 10 rings (SSSR count). The van der Waals surface area contributed by atoms with Gasteiger partial charge in [0.25, 0.3) is 0 Å². The van der Waals surface area contributed by atoms with Crippen molar-refractivity contribution < 1.29 is 117 Å². The van der Waals surface area contributed by atoms with E-state index >= 15 is 38.4 Å². The monoisotopic (exact) mass is 2020 g/mol. The van der Waals surface area contributed by atoms with Crippen molar-refractivity contribution in [2.75, 3.05) is 17.3 Å². The first-order chi connectivity index (χ1) is 67.2. The van der Waals surface area contributed by atoms with E-state index in [0.29, 0.717) is 56.1 Å². The van der Waals surface area contributed by atoms with Crippen molar-refractivity contribution in [3.8, 4) is 5.75 Å². The van der Waals surface area contributed by atoms with E-state index in [-0.39, 0.29) is 59.7 Å². The molecule has 16 atom stereocenters. The molecule has 3 aliphatic heterocycles. The highest BCUT2D eigenvalue weighted by atomic mass is 32.2. The van der Waals surface area contributed by atoms with Crippen molar-refractivity contribution in [2.45, 2.75) is 214 Å². The average molecular weight is 2020 g/mol. The van der Waals surface area contributed by atoms with Gasteiger partial charge in [-0.05, 0) is 89.4 Å². The van der Waals surface area contributed by atoms with Gasteiger partial charge in [0.1, 0.15) is 84.3 Å². The minimum Gasteiger partial charge on any atom is -0.508 e. The molecular formula is C93H118N22O24S3. The Kier molecular flexibility index (Phi) is 39.0. The molecule has 2 unspecified atom stereocenters. The van der Waals surface area contributed by atoms with Gasteiger partial charge in [0, 0.05) is 113 Å². The van der Waals surface area contributed by atoms with Crippen LogP contribution in [-0.4, -0.2) is 268 Å². The summed E-state index contributed by atoms with van der Waals surface area (Å²) in [6.45, 7) is 8.11. The molecule has 3 aromatic heterocycles. The van der Waals surface area contributed by atoms with Gasteiger partial charge in [-0.1, -0.05) is 113 Å². The van der Waals surface area contributed by atoms with Crippen LogP contribution >= 0.6 is 35.3 Å². The van der Waals surface area contributed by atoms with Crippen LogP contribution in [0.4, 0.5) is 0 Å². The van der Waals surface area contributed by atoms with Gasteiger partial charge in [-0.15, -0.1) is 0 Å². The number of rotatable bonds is 18. The van der Waals surface area contributed by atoms with Gasteiger partial charge >= 0.3 is 23.9 Å². The number of carbonyl (C=O) groups is 19. The lowest BCUT2D eigenvalue weighted by Crippen LogP contribution is -2.62. The quantitative estimate of drug-likeness (QED) is 0.0445. The van der Waals surface area contributed by atoms with E-state index in [1.165, 1.54) is 66.8 Å². The van der Waals surface area contributed by atoms with Crippen LogP contribution in [0.3, 0.4) is 0 Å². The molecule has 0 radical (unpaired) electrons. The Morgan fingerprint density at radius 2 is 0.859 bits per heavy atom. The number of carboxylic acids is 4. The van der Waals surface area contributed by atoms with Crippen LogP contribution in [-0.2, 0) is 168 Å². The fourth-order valence-electron chi connectivity index (χ4n) is 16.0. The summed E-state index contributed by atoms with van der Waals surface area (Å²) < 4.78 is 4.92. The lowest BCUT2D eigenvalue weighted by molar-refractivity contribution is -0.147. The van der Waals surface area contributed by atoms with E-state index in [9.17, 15) is 78.3 Å². The second kappa shape index (κ2) is 50.6. The van der Waals surface area contributed by atoms with Gasteiger partial charge in [0.15, 0.2) is 0 Å². The lowest BCUT2D eigenvalue weighted by Gasteiger charge is -2.33. The van der Waals surface area contributed by atoms with Gasteiger partial charge in [0.05, 0.1) is 52.9 Å². The molecule has 22 N–H and O–H groups in total. The van der Waals surface area contributed by atoms with Crippen LogP contribution in [0, 0.1) is 17.3 Å². The molecule has 7 aromatic rings. The first-order valence-electron chi connectivity index (χ1n) is 45.4. The van der Waals surface area contributed by atoms with Crippen LogP contribution < -0.4 is 80.6 Å². The molecule has 0 spiro atoms. The second-order valence-electron chi connectivity index (χ2n) is 36.1. The zero-order valence-electron chi connectivity index (χ0n) is 79.1. The topological polar surface area (TPSA) is 691 Å². The van der Waals surface area contributed by atoms with Crippen molar-refractivity contribution in [3.05, 3.63) is 166 Å². The van der Waals surface area contributed by atoms with E-state index in [2.05, 4.69) is 69.1 Å². The average Bonchev–Trinajstić information content (AvgIpc) is 1.34.